The second kappa shape index (κ2) is 7.38. The van der Waals surface area contributed by atoms with Gasteiger partial charge in [0.2, 0.25) is 0 Å². The molecular weight excluding hydrogens is 357 g/mol. The van der Waals surface area contributed by atoms with Crippen molar-refractivity contribution in [2.45, 2.75) is 50.5 Å². The monoisotopic (exact) mass is 378 g/mol. The summed E-state index contributed by atoms with van der Waals surface area (Å²) in [5.74, 6) is 0.397. The molecule has 4 rings (SSSR count). The van der Waals surface area contributed by atoms with E-state index in [1.54, 1.807) is 12.5 Å². The molecule has 0 bridgehead atoms. The number of anilines is 1. The molecule has 6 nitrogen and oxygen atoms in total. The van der Waals surface area contributed by atoms with Gasteiger partial charge < -0.3 is 4.90 Å². The average Bonchev–Trinajstić information content (AvgIpc) is 3.49. The van der Waals surface area contributed by atoms with Crippen LogP contribution in [-0.2, 0) is 12.7 Å². The van der Waals surface area contributed by atoms with Crippen molar-refractivity contribution >= 4 is 5.82 Å². The molecule has 0 N–H and O–H groups in total. The number of halogens is 3. The predicted molar refractivity (Wildman–Crippen MR) is 92.9 cm³/mol. The van der Waals surface area contributed by atoms with E-state index in [2.05, 4.69) is 29.7 Å². The van der Waals surface area contributed by atoms with Crippen LogP contribution in [0.1, 0.15) is 37.1 Å². The molecule has 3 heterocycles. The molecule has 0 aromatic carbocycles. The molecule has 0 spiro atoms. The third-order valence-electron chi connectivity index (χ3n) is 5.13. The number of alkyl halides is 3. The van der Waals surface area contributed by atoms with Crippen molar-refractivity contribution in [3.8, 4) is 0 Å². The quantitative estimate of drug-likeness (QED) is 0.797. The van der Waals surface area contributed by atoms with Crippen LogP contribution in [0.2, 0.25) is 0 Å². The molecule has 0 unspecified atom stereocenters. The molecule has 0 atom stereocenters. The van der Waals surface area contributed by atoms with Gasteiger partial charge in [-0.25, -0.2) is 19.9 Å². The lowest BCUT2D eigenvalue weighted by atomic mass is 10.0. The normalized spacial score (nSPS) is 19.2. The van der Waals surface area contributed by atoms with Gasteiger partial charge in [-0.1, -0.05) is 0 Å². The van der Waals surface area contributed by atoms with Crippen LogP contribution in [-0.4, -0.2) is 50.0 Å². The van der Waals surface area contributed by atoms with E-state index >= 15 is 0 Å². The maximum Gasteiger partial charge on any atom is 0.433 e. The van der Waals surface area contributed by atoms with Gasteiger partial charge in [0.15, 0.2) is 0 Å². The minimum Gasteiger partial charge on any atom is -0.350 e. The second-order valence-electron chi connectivity index (χ2n) is 7.11. The zero-order chi connectivity index (χ0) is 18.9. The number of nitrogens with zero attached hydrogens (tertiary/aromatic N) is 6. The van der Waals surface area contributed by atoms with Crippen molar-refractivity contribution < 1.29 is 13.2 Å². The molecule has 27 heavy (non-hydrogen) atoms. The molecule has 1 saturated carbocycles. The molecule has 2 aromatic heterocycles. The van der Waals surface area contributed by atoms with E-state index in [0.29, 0.717) is 11.9 Å². The number of rotatable bonds is 5. The Labute approximate surface area is 155 Å². The summed E-state index contributed by atoms with van der Waals surface area (Å²) in [7, 11) is 0. The summed E-state index contributed by atoms with van der Waals surface area (Å²) in [5.41, 5.74) is 0.104. The highest BCUT2D eigenvalue weighted by Crippen LogP contribution is 2.37. The van der Waals surface area contributed by atoms with E-state index in [-0.39, 0.29) is 6.04 Å². The fraction of sp³-hybridized carbons (Fsp3) is 0.556. The maximum absolute atomic E-state index is 13.0. The van der Waals surface area contributed by atoms with Crippen LogP contribution < -0.4 is 4.90 Å². The number of likely N-dealkylation sites (tertiary alicyclic amines) is 1. The highest BCUT2D eigenvalue weighted by Gasteiger charge is 2.38. The minimum atomic E-state index is -4.45. The van der Waals surface area contributed by atoms with E-state index in [9.17, 15) is 13.2 Å². The summed E-state index contributed by atoms with van der Waals surface area (Å²) in [6.45, 7) is 2.54. The van der Waals surface area contributed by atoms with Crippen molar-refractivity contribution in [2.24, 2.45) is 0 Å². The van der Waals surface area contributed by atoms with Gasteiger partial charge in [-0.2, -0.15) is 13.2 Å². The summed E-state index contributed by atoms with van der Waals surface area (Å²) >= 11 is 0. The van der Waals surface area contributed by atoms with Crippen LogP contribution in [0, 0.1) is 0 Å². The van der Waals surface area contributed by atoms with Gasteiger partial charge in [0, 0.05) is 44.0 Å². The van der Waals surface area contributed by atoms with E-state index in [1.807, 2.05) is 6.07 Å². The predicted octanol–water partition coefficient (Wildman–Crippen LogP) is 2.92. The van der Waals surface area contributed by atoms with Crippen LogP contribution >= 0.6 is 0 Å². The Balaban J connectivity index is 1.44. The molecule has 1 saturated heterocycles. The van der Waals surface area contributed by atoms with Crippen LogP contribution in [0.3, 0.4) is 0 Å². The average molecular weight is 378 g/mol. The lowest BCUT2D eigenvalue weighted by Crippen LogP contribution is -2.46. The van der Waals surface area contributed by atoms with Crippen LogP contribution in [0.5, 0.6) is 0 Å². The van der Waals surface area contributed by atoms with Gasteiger partial charge >= 0.3 is 6.18 Å². The summed E-state index contributed by atoms with van der Waals surface area (Å²) in [6.07, 6.45) is 3.66. The highest BCUT2D eigenvalue weighted by molar-refractivity contribution is 5.44. The Hall–Kier alpha value is -2.29. The van der Waals surface area contributed by atoms with Crippen LogP contribution in [0.15, 0.2) is 31.0 Å². The Kier molecular flexibility index (Phi) is 4.94. The Morgan fingerprint density at radius 3 is 2.37 bits per heavy atom. The van der Waals surface area contributed by atoms with E-state index in [4.69, 9.17) is 0 Å². The molecule has 2 aliphatic rings. The van der Waals surface area contributed by atoms with Gasteiger partial charge in [0.25, 0.3) is 0 Å². The fourth-order valence-electron chi connectivity index (χ4n) is 3.66. The molecule has 1 aliphatic carbocycles. The zero-order valence-corrected chi connectivity index (χ0v) is 14.8. The first-order valence-corrected chi connectivity index (χ1v) is 9.15. The van der Waals surface area contributed by atoms with Gasteiger partial charge in [-0.3, -0.25) is 4.90 Å². The maximum atomic E-state index is 13.0. The lowest BCUT2D eigenvalue weighted by molar-refractivity contribution is -0.141. The van der Waals surface area contributed by atoms with Gasteiger partial charge in [-0.15, -0.1) is 0 Å². The van der Waals surface area contributed by atoms with E-state index < -0.39 is 11.9 Å². The molecule has 144 valence electrons. The largest absolute Gasteiger partial charge is 0.433 e. The number of hydrogen-bond donors (Lipinski definition) is 0. The molecule has 0 radical (unpaired) electrons. The first kappa shape index (κ1) is 18.1. The van der Waals surface area contributed by atoms with Gasteiger partial charge in [0.05, 0.1) is 5.69 Å². The van der Waals surface area contributed by atoms with Crippen molar-refractivity contribution in [3.05, 3.63) is 42.4 Å². The summed E-state index contributed by atoms with van der Waals surface area (Å²) in [5, 5.41) is 0. The molecule has 1 aliphatic heterocycles. The molecule has 0 amide bonds. The Morgan fingerprint density at radius 1 is 1.00 bits per heavy atom. The highest BCUT2D eigenvalue weighted by atomic mass is 19.4. The summed E-state index contributed by atoms with van der Waals surface area (Å²) < 4.78 is 39.1. The topological polar surface area (TPSA) is 58.0 Å². The molecule has 2 fully saturated rings. The first-order chi connectivity index (χ1) is 13.0. The Bertz CT molecular complexity index is 757. The molecule has 9 heteroatoms. The summed E-state index contributed by atoms with van der Waals surface area (Å²) in [6, 6.07) is 3.49. The SMILES string of the molecule is FC(F)(F)c1cc(N(C2CC2)C2CCN(Cc3ccncn3)CC2)ncn1. The Morgan fingerprint density at radius 2 is 1.74 bits per heavy atom. The number of hydrogen-bond acceptors (Lipinski definition) is 6. The first-order valence-electron chi connectivity index (χ1n) is 9.15. The number of aromatic nitrogens is 4. The van der Waals surface area contributed by atoms with Crippen molar-refractivity contribution in [1.29, 1.82) is 0 Å². The summed E-state index contributed by atoms with van der Waals surface area (Å²) in [4.78, 5) is 20.2. The van der Waals surface area contributed by atoms with Crippen molar-refractivity contribution in [1.82, 2.24) is 24.8 Å². The third kappa shape index (κ3) is 4.35. The van der Waals surface area contributed by atoms with Gasteiger partial charge in [-0.05, 0) is 31.7 Å². The van der Waals surface area contributed by atoms with Crippen LogP contribution in [0.25, 0.3) is 0 Å². The van der Waals surface area contributed by atoms with Gasteiger partial charge in [0.1, 0.15) is 24.2 Å². The molecular formula is C18H21F3N6. The smallest absolute Gasteiger partial charge is 0.350 e. The minimum absolute atomic E-state index is 0.204. The van der Waals surface area contributed by atoms with Crippen molar-refractivity contribution in [2.75, 3.05) is 18.0 Å². The number of piperidine rings is 1. The third-order valence-corrected chi connectivity index (χ3v) is 5.13. The molecule has 2 aromatic rings. The van der Waals surface area contributed by atoms with Crippen LogP contribution in [0.4, 0.5) is 19.0 Å². The fourth-order valence-corrected chi connectivity index (χ4v) is 3.66. The van der Waals surface area contributed by atoms with E-state index in [1.165, 1.54) is 0 Å². The second-order valence-corrected chi connectivity index (χ2v) is 7.11. The van der Waals surface area contributed by atoms with E-state index in [0.717, 1.165) is 63.4 Å². The zero-order valence-electron chi connectivity index (χ0n) is 14.8. The lowest BCUT2D eigenvalue weighted by Gasteiger charge is -2.39. The van der Waals surface area contributed by atoms with Crippen molar-refractivity contribution in [3.63, 3.8) is 0 Å². The standard InChI is InChI=1S/C18H21F3N6/c19-18(20,21)16-9-17(25-12-24-16)27(14-1-2-14)15-4-7-26(8-5-15)10-13-3-6-22-11-23-13/h3,6,9,11-12,14-15H,1-2,4-5,7-8,10H2.